The molecule has 0 N–H and O–H groups in total. The summed E-state index contributed by atoms with van der Waals surface area (Å²) < 4.78 is 5.36. The third-order valence-electron chi connectivity index (χ3n) is 16.7. The molecule has 0 saturated heterocycles. The maximum absolute atomic E-state index is 2.66. The molecular formula is C67H57BN2S2. The number of anilines is 6. The molecule has 0 fully saturated rings. The molecule has 350 valence electrons. The van der Waals surface area contributed by atoms with E-state index >= 15 is 0 Å². The summed E-state index contributed by atoms with van der Waals surface area (Å²) in [5, 5.41) is 5.33. The predicted octanol–water partition coefficient (Wildman–Crippen LogP) is 17.8. The Kier molecular flexibility index (Phi) is 9.47. The molecule has 0 unspecified atom stereocenters. The molecule has 2 aromatic heterocycles. The number of benzene rings is 9. The van der Waals surface area contributed by atoms with Crippen molar-refractivity contribution in [2.75, 3.05) is 9.80 Å². The SMILES string of the molecule is Cc1cc2c3c(c1)N(c1ccc(-c4cccc5c4sc4ccccc45)cc1)c1cc4c(cc1B3c1ccc(C(C)(C)C)cc1N2c1ccc(-c2cccc3c2sc2ccccc23)cc1)C(C)(C)CCC4(C)C. The molecule has 0 saturated carbocycles. The highest BCUT2D eigenvalue weighted by atomic mass is 32.1. The Bertz CT molecular complexity index is 4030. The summed E-state index contributed by atoms with van der Waals surface area (Å²) in [7, 11) is 0. The van der Waals surface area contributed by atoms with Crippen LogP contribution in [0, 0.1) is 6.92 Å². The number of aryl methyl sites for hydroxylation is 1. The lowest BCUT2D eigenvalue weighted by atomic mass is 9.33. The van der Waals surface area contributed by atoms with E-state index in [0.29, 0.717) is 0 Å². The van der Waals surface area contributed by atoms with Crippen molar-refractivity contribution in [2.24, 2.45) is 0 Å². The molecule has 0 bridgehead atoms. The van der Waals surface area contributed by atoms with E-state index in [-0.39, 0.29) is 23.0 Å². The van der Waals surface area contributed by atoms with E-state index in [9.17, 15) is 0 Å². The summed E-state index contributed by atoms with van der Waals surface area (Å²) in [6.45, 7) is 19.3. The maximum Gasteiger partial charge on any atom is 0.252 e. The Morgan fingerprint density at radius 3 is 1.44 bits per heavy atom. The van der Waals surface area contributed by atoms with Gasteiger partial charge in [-0.2, -0.15) is 0 Å². The summed E-state index contributed by atoms with van der Waals surface area (Å²) in [5.74, 6) is 0. The molecule has 0 radical (unpaired) electrons. The second kappa shape index (κ2) is 15.5. The lowest BCUT2D eigenvalue weighted by Crippen LogP contribution is -2.62. The van der Waals surface area contributed by atoms with Gasteiger partial charge in [-0.25, -0.2) is 0 Å². The van der Waals surface area contributed by atoms with Gasteiger partial charge in [-0.3, -0.25) is 0 Å². The molecule has 9 aromatic carbocycles. The average molecular weight is 965 g/mol. The zero-order chi connectivity index (χ0) is 49.0. The largest absolute Gasteiger partial charge is 0.311 e. The fraction of sp³-hybridized carbons (Fsp3) is 0.194. The van der Waals surface area contributed by atoms with Crippen molar-refractivity contribution < 1.29 is 0 Å². The van der Waals surface area contributed by atoms with Crippen LogP contribution in [0.5, 0.6) is 0 Å². The molecular weight excluding hydrogens is 908 g/mol. The third-order valence-corrected chi connectivity index (χ3v) is 19.2. The molecule has 0 spiro atoms. The highest BCUT2D eigenvalue weighted by molar-refractivity contribution is 7.26. The Labute approximate surface area is 432 Å². The Morgan fingerprint density at radius 1 is 0.458 bits per heavy atom. The molecule has 0 atom stereocenters. The second-order valence-corrected chi connectivity index (χ2v) is 25.3. The maximum atomic E-state index is 2.66. The van der Waals surface area contributed by atoms with Gasteiger partial charge in [0, 0.05) is 74.5 Å². The summed E-state index contributed by atoms with van der Waals surface area (Å²) in [6, 6.07) is 67.8. The van der Waals surface area contributed by atoms with E-state index in [1.807, 2.05) is 22.7 Å². The van der Waals surface area contributed by atoms with Crippen molar-refractivity contribution in [3.8, 4) is 22.3 Å². The van der Waals surface area contributed by atoms with Crippen molar-refractivity contribution in [1.29, 1.82) is 0 Å². The van der Waals surface area contributed by atoms with Crippen LogP contribution in [0.15, 0.2) is 176 Å². The average Bonchev–Trinajstić information content (AvgIpc) is 3.97. The van der Waals surface area contributed by atoms with Crippen LogP contribution in [-0.2, 0) is 16.2 Å². The summed E-state index contributed by atoms with van der Waals surface area (Å²) >= 11 is 3.80. The summed E-state index contributed by atoms with van der Waals surface area (Å²) in [4.78, 5) is 5.22. The van der Waals surface area contributed by atoms with E-state index in [1.54, 1.807) is 0 Å². The molecule has 14 rings (SSSR count). The number of hydrogen-bond acceptors (Lipinski definition) is 4. The van der Waals surface area contributed by atoms with Crippen LogP contribution in [0.25, 0.3) is 62.6 Å². The van der Waals surface area contributed by atoms with Gasteiger partial charge < -0.3 is 9.80 Å². The first-order valence-electron chi connectivity index (χ1n) is 25.8. The van der Waals surface area contributed by atoms with Crippen molar-refractivity contribution in [1.82, 2.24) is 0 Å². The number of nitrogens with zero attached hydrogens (tertiary/aromatic N) is 2. The first-order chi connectivity index (χ1) is 34.7. The van der Waals surface area contributed by atoms with E-state index in [4.69, 9.17) is 0 Å². The van der Waals surface area contributed by atoms with Crippen molar-refractivity contribution in [2.45, 2.75) is 84.5 Å². The van der Waals surface area contributed by atoms with Crippen LogP contribution < -0.4 is 26.2 Å². The fourth-order valence-corrected chi connectivity index (χ4v) is 15.2. The van der Waals surface area contributed by atoms with Gasteiger partial charge in [0.05, 0.1) is 0 Å². The number of fused-ring (bicyclic) bond motifs is 11. The molecule has 5 heteroatoms. The van der Waals surface area contributed by atoms with Crippen LogP contribution in [-0.4, -0.2) is 6.71 Å². The summed E-state index contributed by atoms with van der Waals surface area (Å²) in [5.41, 5.74) is 22.3. The number of hydrogen-bond donors (Lipinski definition) is 0. The highest BCUT2D eigenvalue weighted by Crippen LogP contribution is 2.52. The standard InChI is InChI=1S/C67H57BN2S2/c1-40-35-58-62-59(36-40)70(45-30-25-42(26-31-45)47-18-14-20-51-49-16-10-12-22-61(49)72-64(47)51)57-39-53-52(66(5,6)33-34-67(53,7)8)38-55(57)68(62)54-32-27-43(65(2,3)4)37-56(54)69(58)44-28-23-41(24-29-44)46-17-13-19-50-48-15-9-11-21-60(48)71-63(46)50/h9-32,35-39H,33-34H2,1-8H3. The van der Waals surface area contributed by atoms with Gasteiger partial charge in [0.1, 0.15) is 0 Å². The van der Waals surface area contributed by atoms with Crippen LogP contribution in [0.3, 0.4) is 0 Å². The fourth-order valence-electron chi connectivity index (χ4n) is 12.7. The molecule has 1 aliphatic carbocycles. The predicted molar refractivity (Wildman–Crippen MR) is 316 cm³/mol. The topological polar surface area (TPSA) is 6.48 Å². The van der Waals surface area contributed by atoms with Gasteiger partial charge >= 0.3 is 0 Å². The minimum absolute atomic E-state index is 0.0316. The van der Waals surface area contributed by atoms with E-state index in [2.05, 4.69) is 241 Å². The van der Waals surface area contributed by atoms with E-state index in [0.717, 1.165) is 0 Å². The minimum Gasteiger partial charge on any atom is -0.311 e. The monoisotopic (exact) mass is 964 g/mol. The molecule has 3 aliphatic rings. The molecule has 0 amide bonds. The number of rotatable bonds is 4. The van der Waals surface area contributed by atoms with Gasteiger partial charge in [-0.15, -0.1) is 22.7 Å². The quantitative estimate of drug-likeness (QED) is 0.162. The van der Waals surface area contributed by atoms with Crippen LogP contribution in [0.4, 0.5) is 34.1 Å². The molecule has 11 aromatic rings. The molecule has 4 heterocycles. The summed E-state index contributed by atoms with van der Waals surface area (Å²) in [6.07, 6.45) is 2.33. The molecule has 2 nitrogen and oxygen atoms in total. The highest BCUT2D eigenvalue weighted by Gasteiger charge is 2.46. The van der Waals surface area contributed by atoms with Crippen LogP contribution in [0.1, 0.15) is 83.6 Å². The van der Waals surface area contributed by atoms with Crippen molar-refractivity contribution >= 4 is 120 Å². The van der Waals surface area contributed by atoms with Crippen LogP contribution in [0.2, 0.25) is 0 Å². The van der Waals surface area contributed by atoms with Gasteiger partial charge in [0.2, 0.25) is 0 Å². The van der Waals surface area contributed by atoms with E-state index in [1.165, 1.54) is 148 Å². The van der Waals surface area contributed by atoms with Crippen molar-refractivity contribution in [3.63, 3.8) is 0 Å². The normalized spacial score (nSPS) is 15.5. The van der Waals surface area contributed by atoms with Crippen LogP contribution >= 0.6 is 22.7 Å². The van der Waals surface area contributed by atoms with Gasteiger partial charge in [-0.1, -0.05) is 164 Å². The smallest absolute Gasteiger partial charge is 0.252 e. The Morgan fingerprint density at radius 2 is 0.931 bits per heavy atom. The van der Waals surface area contributed by atoms with Crippen molar-refractivity contribution in [3.05, 3.63) is 198 Å². The van der Waals surface area contributed by atoms with Gasteiger partial charge in [0.25, 0.3) is 6.71 Å². The minimum atomic E-state index is -0.0316. The number of thiophene rings is 2. The Hall–Kier alpha value is -6.92. The zero-order valence-corrected chi connectivity index (χ0v) is 44.1. The first kappa shape index (κ1) is 43.8. The molecule has 2 aliphatic heterocycles. The molecule has 72 heavy (non-hydrogen) atoms. The zero-order valence-electron chi connectivity index (χ0n) is 42.4. The Balaban J connectivity index is 0.985. The third kappa shape index (κ3) is 6.52. The first-order valence-corrected chi connectivity index (χ1v) is 27.4. The lowest BCUT2D eigenvalue weighted by Gasteiger charge is -2.47. The second-order valence-electron chi connectivity index (χ2n) is 23.2. The van der Waals surface area contributed by atoms with Gasteiger partial charge in [-0.05, 0) is 158 Å². The van der Waals surface area contributed by atoms with E-state index < -0.39 is 0 Å². The lowest BCUT2D eigenvalue weighted by molar-refractivity contribution is 0.332. The van der Waals surface area contributed by atoms with Gasteiger partial charge in [0.15, 0.2) is 0 Å².